The minimum absolute atomic E-state index is 0.361. The van der Waals surface area contributed by atoms with Crippen LogP contribution >= 0.6 is 11.6 Å². The largest absolute Gasteiger partial charge is 0.497 e. The van der Waals surface area contributed by atoms with Gasteiger partial charge < -0.3 is 29.6 Å². The van der Waals surface area contributed by atoms with E-state index < -0.39 is 6.04 Å². The summed E-state index contributed by atoms with van der Waals surface area (Å²) in [7, 11) is 6.12. The number of methoxy groups -OCH3 is 4. The number of nitrogens with one attached hydrogen (secondary N) is 2. The van der Waals surface area contributed by atoms with E-state index in [2.05, 4.69) is 20.7 Å². The van der Waals surface area contributed by atoms with Crippen LogP contribution in [-0.2, 0) is 4.79 Å². The minimum Gasteiger partial charge on any atom is -0.497 e. The molecular formula is C23H24ClN5O5. The molecule has 34 heavy (non-hydrogen) atoms. The zero-order chi connectivity index (χ0) is 24.4. The number of carbonyl (C=O) groups excluding carboxylic acids is 1. The highest BCUT2D eigenvalue weighted by Crippen LogP contribution is 2.41. The molecule has 0 unspecified atom stereocenters. The zero-order valence-electron chi connectivity index (χ0n) is 19.3. The van der Waals surface area contributed by atoms with Gasteiger partial charge in [-0.25, -0.2) is 4.68 Å². The van der Waals surface area contributed by atoms with Gasteiger partial charge in [0.15, 0.2) is 0 Å². The first kappa shape index (κ1) is 23.2. The van der Waals surface area contributed by atoms with E-state index in [1.54, 1.807) is 50.1 Å². The number of hydrogen-bond donors (Lipinski definition) is 2. The molecule has 1 aliphatic heterocycles. The van der Waals surface area contributed by atoms with Crippen LogP contribution in [0.5, 0.6) is 23.0 Å². The lowest BCUT2D eigenvalue weighted by atomic mass is 9.94. The lowest BCUT2D eigenvalue weighted by Gasteiger charge is -2.29. The number of aromatic nitrogens is 3. The Hall–Kier alpha value is -3.92. The molecule has 0 radical (unpaired) electrons. The second kappa shape index (κ2) is 9.52. The number of benzene rings is 2. The Morgan fingerprint density at radius 3 is 2.44 bits per heavy atom. The van der Waals surface area contributed by atoms with Crippen molar-refractivity contribution in [1.82, 2.24) is 14.8 Å². The number of amides is 1. The molecular weight excluding hydrogens is 462 g/mol. The van der Waals surface area contributed by atoms with E-state index in [-0.39, 0.29) is 5.91 Å². The summed E-state index contributed by atoms with van der Waals surface area (Å²) in [5, 5.41) is 10.8. The monoisotopic (exact) mass is 485 g/mol. The predicted octanol–water partition coefficient (Wildman–Crippen LogP) is 3.89. The standard InChI is InChI=1S/C23H24ClN5O5/c1-12-20(22(30)28-16-10-18(33-4)15(24)9-19(16)34-5)21(29-23(27-12)25-11-26-29)14-7-6-13(31-2)8-17(14)32-3/h6-11,21H,1-5H3,(H,28,30)(H,25,26,27)/t21-/m1/s1. The lowest BCUT2D eigenvalue weighted by Crippen LogP contribution is -2.31. The third kappa shape index (κ3) is 4.08. The number of fused-ring (bicyclic) bond motifs is 1. The summed E-state index contributed by atoms with van der Waals surface area (Å²) >= 11 is 6.21. The molecule has 0 bridgehead atoms. The molecule has 0 aliphatic carbocycles. The fourth-order valence-corrected chi connectivity index (χ4v) is 4.10. The van der Waals surface area contributed by atoms with Gasteiger partial charge in [0.2, 0.25) is 5.95 Å². The average Bonchev–Trinajstić information content (AvgIpc) is 3.31. The predicted molar refractivity (Wildman–Crippen MR) is 127 cm³/mol. The number of anilines is 2. The zero-order valence-corrected chi connectivity index (χ0v) is 20.1. The summed E-state index contributed by atoms with van der Waals surface area (Å²) in [4.78, 5) is 18.0. The highest BCUT2D eigenvalue weighted by atomic mass is 35.5. The molecule has 2 heterocycles. The molecule has 0 spiro atoms. The van der Waals surface area contributed by atoms with E-state index in [0.29, 0.717) is 56.5 Å². The number of nitrogens with zero attached hydrogens (tertiary/aromatic N) is 3. The van der Waals surface area contributed by atoms with Crippen LogP contribution in [0.3, 0.4) is 0 Å². The normalized spacial score (nSPS) is 14.7. The third-order valence-corrected chi connectivity index (χ3v) is 5.79. The van der Waals surface area contributed by atoms with Crippen LogP contribution in [0, 0.1) is 0 Å². The second-order valence-electron chi connectivity index (χ2n) is 7.34. The van der Waals surface area contributed by atoms with E-state index in [1.165, 1.54) is 20.5 Å². The Kier molecular flexibility index (Phi) is 6.51. The summed E-state index contributed by atoms with van der Waals surface area (Å²) in [6.07, 6.45) is 1.42. The van der Waals surface area contributed by atoms with Gasteiger partial charge in [0, 0.05) is 29.5 Å². The molecule has 1 atom stereocenters. The van der Waals surface area contributed by atoms with Gasteiger partial charge in [-0.2, -0.15) is 10.1 Å². The number of rotatable bonds is 7. The number of carbonyl (C=O) groups is 1. The van der Waals surface area contributed by atoms with E-state index >= 15 is 0 Å². The van der Waals surface area contributed by atoms with E-state index in [1.807, 2.05) is 6.07 Å². The van der Waals surface area contributed by atoms with Gasteiger partial charge in [-0.3, -0.25) is 4.79 Å². The van der Waals surface area contributed by atoms with Crippen LogP contribution in [0.2, 0.25) is 5.02 Å². The van der Waals surface area contributed by atoms with Crippen LogP contribution < -0.4 is 29.6 Å². The van der Waals surface area contributed by atoms with Gasteiger partial charge in [-0.15, -0.1) is 0 Å². The fourth-order valence-electron chi connectivity index (χ4n) is 3.86. The molecule has 0 fully saturated rings. The number of halogens is 1. The van der Waals surface area contributed by atoms with Crippen molar-refractivity contribution >= 4 is 29.1 Å². The van der Waals surface area contributed by atoms with Crippen LogP contribution in [0.4, 0.5) is 11.6 Å². The smallest absolute Gasteiger partial charge is 0.255 e. The van der Waals surface area contributed by atoms with Gasteiger partial charge >= 0.3 is 0 Å². The van der Waals surface area contributed by atoms with Gasteiger partial charge in [-0.1, -0.05) is 11.6 Å². The van der Waals surface area contributed by atoms with Crippen molar-refractivity contribution in [1.29, 1.82) is 0 Å². The topological polar surface area (TPSA) is 109 Å². The molecule has 10 nitrogen and oxygen atoms in total. The first-order chi connectivity index (χ1) is 16.4. The Morgan fingerprint density at radius 2 is 1.76 bits per heavy atom. The molecule has 0 saturated heterocycles. The lowest BCUT2D eigenvalue weighted by molar-refractivity contribution is -0.113. The van der Waals surface area contributed by atoms with E-state index in [9.17, 15) is 4.79 Å². The van der Waals surface area contributed by atoms with Crippen molar-refractivity contribution in [2.45, 2.75) is 13.0 Å². The molecule has 178 valence electrons. The number of allylic oxidation sites excluding steroid dienone is 1. The maximum absolute atomic E-state index is 13.7. The van der Waals surface area contributed by atoms with Crippen molar-refractivity contribution in [2.24, 2.45) is 0 Å². The highest BCUT2D eigenvalue weighted by molar-refractivity contribution is 6.32. The maximum Gasteiger partial charge on any atom is 0.255 e. The van der Waals surface area contributed by atoms with Gasteiger partial charge in [-0.05, 0) is 19.1 Å². The molecule has 3 aromatic rings. The quantitative estimate of drug-likeness (QED) is 0.518. The molecule has 1 amide bonds. The highest BCUT2D eigenvalue weighted by Gasteiger charge is 2.35. The van der Waals surface area contributed by atoms with Crippen LogP contribution in [0.1, 0.15) is 18.5 Å². The first-order valence-corrected chi connectivity index (χ1v) is 10.6. The Labute approximate surface area is 201 Å². The fraction of sp³-hybridized carbons (Fsp3) is 0.261. The van der Waals surface area contributed by atoms with Gasteiger partial charge in [0.05, 0.1) is 44.7 Å². The SMILES string of the molecule is COc1ccc([C@@H]2C(C(=O)Nc3cc(OC)c(Cl)cc3OC)=C(C)Nc3ncnn32)c(OC)c1. The number of ether oxygens (including phenoxy) is 4. The summed E-state index contributed by atoms with van der Waals surface area (Å²) in [6, 6.07) is 7.96. The Balaban J connectivity index is 1.81. The van der Waals surface area contributed by atoms with Gasteiger partial charge in [0.1, 0.15) is 35.4 Å². The summed E-state index contributed by atoms with van der Waals surface area (Å²) in [6.45, 7) is 1.80. The van der Waals surface area contributed by atoms with Crippen LogP contribution in [0.15, 0.2) is 47.9 Å². The summed E-state index contributed by atoms with van der Waals surface area (Å²) in [5.41, 5.74) is 2.14. The molecule has 11 heteroatoms. The Bertz CT molecular complexity index is 1270. The molecule has 1 aromatic heterocycles. The third-order valence-electron chi connectivity index (χ3n) is 5.50. The molecule has 4 rings (SSSR count). The maximum atomic E-state index is 13.7. The minimum atomic E-state index is -0.625. The van der Waals surface area contributed by atoms with E-state index in [0.717, 1.165) is 0 Å². The summed E-state index contributed by atoms with van der Waals surface area (Å²) < 4.78 is 23.3. The second-order valence-corrected chi connectivity index (χ2v) is 7.75. The molecule has 2 N–H and O–H groups in total. The molecule has 0 saturated carbocycles. The van der Waals surface area contributed by atoms with Crippen LogP contribution in [-0.4, -0.2) is 49.1 Å². The molecule has 2 aromatic carbocycles. The summed E-state index contributed by atoms with van der Waals surface area (Å²) in [5.74, 6) is 2.08. The van der Waals surface area contributed by atoms with Crippen LogP contribution in [0.25, 0.3) is 0 Å². The Morgan fingerprint density at radius 1 is 1.03 bits per heavy atom. The number of hydrogen-bond acceptors (Lipinski definition) is 8. The first-order valence-electron chi connectivity index (χ1n) is 10.2. The van der Waals surface area contributed by atoms with Crippen molar-refractivity contribution in [3.05, 3.63) is 58.5 Å². The van der Waals surface area contributed by atoms with Crippen molar-refractivity contribution in [3.8, 4) is 23.0 Å². The molecule has 1 aliphatic rings. The average molecular weight is 486 g/mol. The van der Waals surface area contributed by atoms with Crippen molar-refractivity contribution < 1.29 is 23.7 Å². The van der Waals surface area contributed by atoms with Crippen molar-refractivity contribution in [3.63, 3.8) is 0 Å². The van der Waals surface area contributed by atoms with Crippen molar-refractivity contribution in [2.75, 3.05) is 39.1 Å². The van der Waals surface area contributed by atoms with Gasteiger partial charge in [0.25, 0.3) is 5.91 Å². The van der Waals surface area contributed by atoms with E-state index in [4.69, 9.17) is 30.5 Å².